The van der Waals surface area contributed by atoms with Crippen LogP contribution in [0.1, 0.15) is 37.8 Å². The highest BCUT2D eigenvalue weighted by Crippen LogP contribution is 2.40. The van der Waals surface area contributed by atoms with E-state index < -0.39 is 0 Å². The van der Waals surface area contributed by atoms with Crippen LogP contribution in [0.4, 0.5) is 0 Å². The van der Waals surface area contributed by atoms with Gasteiger partial charge in [0, 0.05) is 18.7 Å². The molecule has 0 radical (unpaired) electrons. The van der Waals surface area contributed by atoms with Crippen LogP contribution in [0.25, 0.3) is 11.4 Å². The maximum atomic E-state index is 13.6. The zero-order valence-electron chi connectivity index (χ0n) is 18.1. The molecule has 3 heterocycles. The monoisotopic (exact) mass is 449 g/mol. The Labute approximate surface area is 192 Å². The fourth-order valence-electron chi connectivity index (χ4n) is 4.30. The van der Waals surface area contributed by atoms with Crippen LogP contribution in [0, 0.1) is 0 Å². The van der Waals surface area contributed by atoms with Crippen molar-refractivity contribution in [2.24, 2.45) is 0 Å². The molecule has 1 aromatic heterocycles. The number of rotatable bonds is 5. The molecule has 2 aliphatic rings. The van der Waals surface area contributed by atoms with Crippen molar-refractivity contribution in [3.8, 4) is 17.1 Å². The minimum atomic E-state index is -0.314. The van der Waals surface area contributed by atoms with Gasteiger partial charge in [-0.15, -0.1) is 10.2 Å². The van der Waals surface area contributed by atoms with E-state index >= 15 is 0 Å². The maximum absolute atomic E-state index is 13.6. The van der Waals surface area contributed by atoms with Crippen LogP contribution in [0.15, 0.2) is 59.8 Å². The number of amides is 1. The summed E-state index contributed by atoms with van der Waals surface area (Å²) in [5.41, 5.74) is 5.58. The third-order valence-corrected chi connectivity index (χ3v) is 7.13. The summed E-state index contributed by atoms with van der Waals surface area (Å²) in [4.78, 5) is 15.6. The molecule has 1 amide bonds. The van der Waals surface area contributed by atoms with E-state index in [0.29, 0.717) is 11.8 Å². The quantitative estimate of drug-likeness (QED) is 0.632. The van der Waals surface area contributed by atoms with Crippen LogP contribution in [-0.4, -0.2) is 50.6 Å². The first-order valence-electron chi connectivity index (χ1n) is 11.2. The highest BCUT2D eigenvalue weighted by Gasteiger charge is 2.40. The minimum absolute atomic E-state index is 0.164. The average molecular weight is 450 g/mol. The van der Waals surface area contributed by atoms with Gasteiger partial charge in [0.15, 0.2) is 5.82 Å². The van der Waals surface area contributed by atoms with Gasteiger partial charge in [0.05, 0.1) is 12.6 Å². The molecule has 2 aliphatic heterocycles. The molecule has 5 rings (SSSR count). The largest absolute Gasteiger partial charge is 0.494 e. The second kappa shape index (κ2) is 9.24. The van der Waals surface area contributed by atoms with Crippen molar-refractivity contribution in [1.82, 2.24) is 19.8 Å². The predicted octanol–water partition coefficient (Wildman–Crippen LogP) is 4.12. The number of likely N-dealkylation sites (tertiary alicyclic amines) is 1. The second-order valence-corrected chi connectivity index (χ2v) is 9.15. The molecule has 1 N–H and O–H groups in total. The van der Waals surface area contributed by atoms with Gasteiger partial charge in [-0.25, -0.2) is 4.68 Å². The van der Waals surface area contributed by atoms with Crippen molar-refractivity contribution in [1.29, 1.82) is 0 Å². The first kappa shape index (κ1) is 20.9. The number of nitrogens with one attached hydrogen (secondary N) is 1. The predicted molar refractivity (Wildman–Crippen MR) is 125 cm³/mol. The average Bonchev–Trinajstić information content (AvgIpc) is 3.27. The van der Waals surface area contributed by atoms with Gasteiger partial charge in [0.1, 0.15) is 11.0 Å². The van der Waals surface area contributed by atoms with E-state index in [1.807, 2.05) is 71.1 Å². The van der Waals surface area contributed by atoms with Gasteiger partial charge in [0.2, 0.25) is 11.1 Å². The SMILES string of the molecule is CCOc1ccc([C@@H]2Nn3c(nnc3-c3ccccc3)S[C@H]2C(=O)N2CCCCC2)cc1. The van der Waals surface area contributed by atoms with Gasteiger partial charge in [-0.05, 0) is 43.9 Å². The molecule has 0 unspecified atom stereocenters. The summed E-state index contributed by atoms with van der Waals surface area (Å²) in [7, 11) is 0. The number of piperidine rings is 1. The number of carbonyl (C=O) groups is 1. The molecule has 3 aromatic rings. The number of benzene rings is 2. The number of carbonyl (C=O) groups excluding carboxylic acids is 1. The van der Waals surface area contributed by atoms with Crippen molar-refractivity contribution in [3.05, 3.63) is 60.2 Å². The summed E-state index contributed by atoms with van der Waals surface area (Å²) in [6.45, 7) is 4.25. The lowest BCUT2D eigenvalue weighted by Crippen LogP contribution is -2.47. The fourth-order valence-corrected chi connectivity index (χ4v) is 5.46. The maximum Gasteiger partial charge on any atom is 0.238 e. The second-order valence-electron chi connectivity index (χ2n) is 8.04. The first-order valence-corrected chi connectivity index (χ1v) is 12.1. The number of ether oxygens (including phenoxy) is 1. The van der Waals surface area contributed by atoms with Gasteiger partial charge in [-0.2, -0.15) is 0 Å². The molecule has 0 bridgehead atoms. The summed E-state index contributed by atoms with van der Waals surface area (Å²) in [6.07, 6.45) is 3.33. The Bertz CT molecular complexity index is 1060. The Hall–Kier alpha value is -3.00. The van der Waals surface area contributed by atoms with Crippen LogP contribution >= 0.6 is 11.8 Å². The number of fused-ring (bicyclic) bond motifs is 1. The molecule has 2 atom stereocenters. The summed E-state index contributed by atoms with van der Waals surface area (Å²) < 4.78 is 7.53. The van der Waals surface area contributed by atoms with E-state index in [2.05, 4.69) is 15.6 Å². The van der Waals surface area contributed by atoms with Gasteiger partial charge < -0.3 is 15.1 Å². The molecule has 166 valence electrons. The molecular formula is C24H27N5O2S. The van der Waals surface area contributed by atoms with E-state index in [0.717, 1.165) is 48.6 Å². The molecule has 1 saturated heterocycles. The van der Waals surface area contributed by atoms with Crippen LogP contribution in [0.2, 0.25) is 0 Å². The van der Waals surface area contributed by atoms with E-state index in [1.165, 1.54) is 18.2 Å². The van der Waals surface area contributed by atoms with E-state index in [9.17, 15) is 4.79 Å². The van der Waals surface area contributed by atoms with Gasteiger partial charge in [0.25, 0.3) is 0 Å². The fraction of sp³-hybridized carbons (Fsp3) is 0.375. The van der Waals surface area contributed by atoms with Crippen LogP contribution in [0.3, 0.4) is 0 Å². The highest BCUT2D eigenvalue weighted by molar-refractivity contribution is 8.00. The number of aromatic nitrogens is 3. The van der Waals surface area contributed by atoms with Crippen molar-refractivity contribution < 1.29 is 9.53 Å². The minimum Gasteiger partial charge on any atom is -0.494 e. The van der Waals surface area contributed by atoms with E-state index in [1.54, 1.807) is 0 Å². The van der Waals surface area contributed by atoms with Crippen molar-refractivity contribution in [2.75, 3.05) is 25.1 Å². The third kappa shape index (κ3) is 4.07. The van der Waals surface area contributed by atoms with Crippen molar-refractivity contribution in [2.45, 2.75) is 42.6 Å². The number of nitrogens with zero attached hydrogens (tertiary/aromatic N) is 4. The number of hydrogen-bond acceptors (Lipinski definition) is 6. The van der Waals surface area contributed by atoms with Crippen molar-refractivity contribution >= 4 is 17.7 Å². The zero-order valence-corrected chi connectivity index (χ0v) is 18.9. The Morgan fingerprint density at radius 3 is 2.53 bits per heavy atom. The summed E-state index contributed by atoms with van der Waals surface area (Å²) in [5, 5.41) is 9.22. The Morgan fingerprint density at radius 2 is 1.81 bits per heavy atom. The zero-order chi connectivity index (χ0) is 21.9. The summed E-state index contributed by atoms with van der Waals surface area (Å²) in [6, 6.07) is 17.8. The summed E-state index contributed by atoms with van der Waals surface area (Å²) >= 11 is 1.50. The first-order chi connectivity index (χ1) is 15.7. The molecule has 8 heteroatoms. The Balaban J connectivity index is 1.50. The van der Waals surface area contributed by atoms with Crippen molar-refractivity contribution in [3.63, 3.8) is 0 Å². The Kier molecular flexibility index (Phi) is 6.03. The smallest absolute Gasteiger partial charge is 0.238 e. The van der Waals surface area contributed by atoms with Crippen LogP contribution in [0.5, 0.6) is 5.75 Å². The van der Waals surface area contributed by atoms with Gasteiger partial charge in [-0.1, -0.05) is 54.2 Å². The number of thioether (sulfide) groups is 1. The normalized spacial score (nSPS) is 20.3. The number of hydrogen-bond donors (Lipinski definition) is 1. The topological polar surface area (TPSA) is 72.3 Å². The molecule has 32 heavy (non-hydrogen) atoms. The van der Waals surface area contributed by atoms with Gasteiger partial charge in [-0.3, -0.25) is 4.79 Å². The molecule has 0 saturated carbocycles. The molecule has 1 fully saturated rings. The van der Waals surface area contributed by atoms with Crippen LogP contribution in [-0.2, 0) is 4.79 Å². The lowest BCUT2D eigenvalue weighted by atomic mass is 10.0. The molecule has 0 aliphatic carbocycles. The van der Waals surface area contributed by atoms with E-state index in [4.69, 9.17) is 4.74 Å². The molecular weight excluding hydrogens is 422 g/mol. The van der Waals surface area contributed by atoms with E-state index in [-0.39, 0.29) is 17.2 Å². The van der Waals surface area contributed by atoms with Crippen LogP contribution < -0.4 is 10.2 Å². The van der Waals surface area contributed by atoms with Gasteiger partial charge >= 0.3 is 0 Å². The molecule has 2 aromatic carbocycles. The summed E-state index contributed by atoms with van der Waals surface area (Å²) in [5.74, 6) is 1.73. The molecule has 0 spiro atoms. The standard InChI is InChI=1S/C24H27N5O2S/c1-2-31-19-13-11-17(12-14-19)20-21(23(30)28-15-7-4-8-16-28)32-24-26-25-22(29(24)27-20)18-9-5-3-6-10-18/h3,5-6,9-14,20-21,27H,2,4,7-8,15-16H2,1H3/t20-,21+/m0/s1. The lowest BCUT2D eigenvalue weighted by molar-refractivity contribution is -0.131. The highest BCUT2D eigenvalue weighted by atomic mass is 32.2. The molecule has 7 nitrogen and oxygen atoms in total. The third-order valence-electron chi connectivity index (χ3n) is 5.93. The Morgan fingerprint density at radius 1 is 1.06 bits per heavy atom. The lowest BCUT2D eigenvalue weighted by Gasteiger charge is -2.37.